The zero-order valence-electron chi connectivity index (χ0n) is 18.3. The predicted molar refractivity (Wildman–Crippen MR) is 129 cm³/mol. The molecule has 0 saturated heterocycles. The van der Waals surface area contributed by atoms with E-state index in [0.29, 0.717) is 16.8 Å². The van der Waals surface area contributed by atoms with Gasteiger partial charge in [-0.1, -0.05) is 23.1 Å². The van der Waals surface area contributed by atoms with Gasteiger partial charge >= 0.3 is 0 Å². The monoisotopic (exact) mass is 482 g/mol. The molecule has 11 heteroatoms. The highest BCUT2D eigenvalue weighted by molar-refractivity contribution is 7.99. The number of hydrogen-bond donors (Lipinski definition) is 1. The Bertz CT molecular complexity index is 1220. The fraction of sp³-hybridized carbons (Fsp3) is 0.227. The van der Waals surface area contributed by atoms with Crippen LogP contribution in [0.25, 0.3) is 22.0 Å². The molecule has 0 spiro atoms. The second-order valence-corrected chi connectivity index (χ2v) is 8.68. The van der Waals surface area contributed by atoms with Crippen molar-refractivity contribution in [3.05, 3.63) is 48.5 Å². The number of aromatic nitrogens is 5. The van der Waals surface area contributed by atoms with E-state index in [1.165, 1.54) is 23.1 Å². The first kappa shape index (κ1) is 22.7. The van der Waals surface area contributed by atoms with Crippen LogP contribution in [0.5, 0.6) is 11.5 Å². The molecule has 1 N–H and O–H groups in total. The van der Waals surface area contributed by atoms with Crippen LogP contribution >= 0.6 is 23.1 Å². The number of nitrogens with zero attached hydrogens (tertiary/aromatic N) is 5. The summed E-state index contributed by atoms with van der Waals surface area (Å²) in [5, 5.41) is 21.5. The number of carbonyl (C=O) groups is 1. The van der Waals surface area contributed by atoms with Crippen LogP contribution in [0.1, 0.15) is 6.92 Å². The molecule has 0 saturated carbocycles. The van der Waals surface area contributed by atoms with Crippen molar-refractivity contribution in [2.45, 2.75) is 18.6 Å². The Kier molecular flexibility index (Phi) is 7.20. The molecule has 9 nitrogen and oxygen atoms in total. The average molecular weight is 483 g/mol. The highest BCUT2D eigenvalue weighted by Crippen LogP contribution is 2.29. The molecule has 0 bridgehead atoms. The summed E-state index contributed by atoms with van der Waals surface area (Å²) in [5.41, 5.74) is 1.84. The van der Waals surface area contributed by atoms with Gasteiger partial charge in [-0.2, -0.15) is 0 Å². The SMILES string of the molecule is CCn1c(SCC(=O)Nc2nnc(-c3ccc(OC)cc3)s2)nnc1-c1ccc(OC)cc1. The number of methoxy groups -OCH3 is 2. The number of rotatable bonds is 9. The highest BCUT2D eigenvalue weighted by Gasteiger charge is 2.16. The molecule has 2 heterocycles. The molecule has 0 aliphatic carbocycles. The Labute approximate surface area is 199 Å². The van der Waals surface area contributed by atoms with Gasteiger partial charge in [0.2, 0.25) is 11.0 Å². The zero-order valence-corrected chi connectivity index (χ0v) is 19.9. The van der Waals surface area contributed by atoms with Crippen LogP contribution in [0.4, 0.5) is 5.13 Å². The third-order valence-corrected chi connectivity index (χ3v) is 6.58. The number of ether oxygens (including phenoxy) is 2. The number of hydrogen-bond acceptors (Lipinski definition) is 9. The molecule has 4 aromatic rings. The molecule has 33 heavy (non-hydrogen) atoms. The lowest BCUT2D eigenvalue weighted by molar-refractivity contribution is -0.113. The smallest absolute Gasteiger partial charge is 0.236 e. The summed E-state index contributed by atoms with van der Waals surface area (Å²) in [5.74, 6) is 2.28. The van der Waals surface area contributed by atoms with Crippen LogP contribution in [0, 0.1) is 0 Å². The Morgan fingerprint density at radius 1 is 0.939 bits per heavy atom. The van der Waals surface area contributed by atoms with Crippen molar-refractivity contribution in [2.75, 3.05) is 25.3 Å². The van der Waals surface area contributed by atoms with Crippen LogP contribution < -0.4 is 14.8 Å². The molecule has 2 aromatic heterocycles. The van der Waals surface area contributed by atoms with Gasteiger partial charge in [0.25, 0.3) is 0 Å². The molecule has 0 fully saturated rings. The van der Waals surface area contributed by atoms with E-state index in [2.05, 4.69) is 25.7 Å². The van der Waals surface area contributed by atoms with Crippen molar-refractivity contribution in [3.63, 3.8) is 0 Å². The molecule has 0 unspecified atom stereocenters. The van der Waals surface area contributed by atoms with E-state index < -0.39 is 0 Å². The van der Waals surface area contributed by atoms with Gasteiger partial charge < -0.3 is 14.0 Å². The standard InChI is InChI=1S/C22H22N6O3S2/c1-4-28-19(14-5-9-16(30-2)10-6-14)24-27-22(28)32-13-18(29)23-21-26-25-20(33-21)15-7-11-17(31-3)12-8-15/h5-12H,4,13H2,1-3H3,(H,23,26,29). The average Bonchev–Trinajstić information content (AvgIpc) is 3.49. The third kappa shape index (κ3) is 5.32. The summed E-state index contributed by atoms with van der Waals surface area (Å²) in [7, 11) is 3.25. The molecule has 0 radical (unpaired) electrons. The number of anilines is 1. The molecule has 0 aliphatic rings. The van der Waals surface area contributed by atoms with Crippen molar-refractivity contribution >= 4 is 34.1 Å². The number of benzene rings is 2. The normalized spacial score (nSPS) is 10.8. The molecule has 0 aliphatic heterocycles. The van der Waals surface area contributed by atoms with Crippen LogP contribution in [0.2, 0.25) is 0 Å². The second-order valence-electron chi connectivity index (χ2n) is 6.76. The lowest BCUT2D eigenvalue weighted by atomic mass is 10.2. The predicted octanol–water partition coefficient (Wildman–Crippen LogP) is 4.23. The van der Waals surface area contributed by atoms with Crippen molar-refractivity contribution in [1.29, 1.82) is 0 Å². The van der Waals surface area contributed by atoms with Gasteiger partial charge in [0.1, 0.15) is 16.5 Å². The summed E-state index contributed by atoms with van der Waals surface area (Å²) >= 11 is 2.64. The fourth-order valence-electron chi connectivity index (χ4n) is 3.04. The van der Waals surface area contributed by atoms with E-state index in [4.69, 9.17) is 9.47 Å². The highest BCUT2D eigenvalue weighted by atomic mass is 32.2. The molecule has 0 atom stereocenters. The molecular weight excluding hydrogens is 460 g/mol. The summed E-state index contributed by atoms with van der Waals surface area (Å²) in [6.45, 7) is 2.70. The molecule has 4 rings (SSSR count). The van der Waals surface area contributed by atoms with Gasteiger partial charge in [0, 0.05) is 17.7 Å². The van der Waals surface area contributed by atoms with E-state index in [-0.39, 0.29) is 11.7 Å². The lowest BCUT2D eigenvalue weighted by Gasteiger charge is -2.08. The molecular formula is C22H22N6O3S2. The van der Waals surface area contributed by atoms with E-state index in [1.54, 1.807) is 14.2 Å². The lowest BCUT2D eigenvalue weighted by Crippen LogP contribution is -2.14. The molecule has 170 valence electrons. The van der Waals surface area contributed by atoms with Crippen LogP contribution in [-0.2, 0) is 11.3 Å². The second kappa shape index (κ2) is 10.5. The Hall–Kier alpha value is -3.44. The van der Waals surface area contributed by atoms with Gasteiger partial charge in [-0.25, -0.2) is 0 Å². The van der Waals surface area contributed by atoms with E-state index in [1.807, 2.05) is 60.0 Å². The first-order chi connectivity index (χ1) is 16.1. The van der Waals surface area contributed by atoms with Gasteiger partial charge in [0.05, 0.1) is 20.0 Å². The topological polar surface area (TPSA) is 104 Å². The Balaban J connectivity index is 1.38. The van der Waals surface area contributed by atoms with Gasteiger partial charge in [-0.3, -0.25) is 10.1 Å². The van der Waals surface area contributed by atoms with Crippen molar-refractivity contribution in [1.82, 2.24) is 25.0 Å². The van der Waals surface area contributed by atoms with Crippen LogP contribution in [0.15, 0.2) is 53.7 Å². The first-order valence-electron chi connectivity index (χ1n) is 10.1. The fourth-order valence-corrected chi connectivity index (χ4v) is 4.61. The summed E-state index contributed by atoms with van der Waals surface area (Å²) in [6.07, 6.45) is 0. The minimum atomic E-state index is -0.186. The number of amides is 1. The Morgan fingerprint density at radius 3 is 2.18 bits per heavy atom. The van der Waals surface area contributed by atoms with Gasteiger partial charge in [-0.15, -0.1) is 20.4 Å². The van der Waals surface area contributed by atoms with Crippen LogP contribution in [0.3, 0.4) is 0 Å². The molecule has 1 amide bonds. The maximum Gasteiger partial charge on any atom is 0.236 e. The minimum absolute atomic E-state index is 0.179. The van der Waals surface area contributed by atoms with Gasteiger partial charge in [-0.05, 0) is 55.5 Å². The van der Waals surface area contributed by atoms with E-state index in [9.17, 15) is 4.79 Å². The zero-order chi connectivity index (χ0) is 23.2. The minimum Gasteiger partial charge on any atom is -0.497 e. The van der Waals surface area contributed by atoms with Crippen molar-refractivity contribution in [3.8, 4) is 33.5 Å². The summed E-state index contributed by atoms with van der Waals surface area (Å²) in [4.78, 5) is 12.5. The third-order valence-electron chi connectivity index (χ3n) is 4.72. The maximum absolute atomic E-state index is 12.5. The van der Waals surface area contributed by atoms with E-state index >= 15 is 0 Å². The van der Waals surface area contributed by atoms with Crippen molar-refractivity contribution in [2.24, 2.45) is 0 Å². The first-order valence-corrected chi connectivity index (χ1v) is 11.9. The number of thioether (sulfide) groups is 1. The van der Waals surface area contributed by atoms with E-state index in [0.717, 1.165) is 33.5 Å². The largest absolute Gasteiger partial charge is 0.497 e. The number of nitrogens with one attached hydrogen (secondary N) is 1. The van der Waals surface area contributed by atoms with Crippen molar-refractivity contribution < 1.29 is 14.3 Å². The summed E-state index contributed by atoms with van der Waals surface area (Å²) in [6, 6.07) is 15.2. The van der Waals surface area contributed by atoms with Gasteiger partial charge in [0.15, 0.2) is 11.0 Å². The Morgan fingerprint density at radius 2 is 1.58 bits per heavy atom. The maximum atomic E-state index is 12.5. The van der Waals surface area contributed by atoms with Crippen LogP contribution in [-0.4, -0.2) is 50.8 Å². The summed E-state index contributed by atoms with van der Waals surface area (Å²) < 4.78 is 12.4. The molecule has 2 aromatic carbocycles. The quantitative estimate of drug-likeness (QED) is 0.354. The number of carbonyl (C=O) groups excluding carboxylic acids is 1.